The number of carbonyl (C=O) groups excluding carboxylic acids is 1. The van der Waals surface area contributed by atoms with E-state index in [-0.39, 0.29) is 23.7 Å². The first-order chi connectivity index (χ1) is 14.5. The van der Waals surface area contributed by atoms with Crippen LogP contribution in [0.15, 0.2) is 76.3 Å². The molecule has 0 spiro atoms. The van der Waals surface area contributed by atoms with E-state index in [1.807, 2.05) is 48.5 Å². The molecule has 0 aliphatic heterocycles. The van der Waals surface area contributed by atoms with Gasteiger partial charge in [-0.15, -0.1) is 0 Å². The fourth-order valence-corrected chi connectivity index (χ4v) is 3.28. The monoisotopic (exact) mass is 401 g/mol. The molecule has 1 amide bonds. The number of fused-ring (bicyclic) bond motifs is 1. The Morgan fingerprint density at radius 2 is 1.73 bits per heavy atom. The number of aromatic amines is 1. The largest absolute Gasteiger partial charge is 0.383 e. The van der Waals surface area contributed by atoms with Crippen LogP contribution in [0.25, 0.3) is 10.9 Å². The summed E-state index contributed by atoms with van der Waals surface area (Å²) in [5, 5.41) is 0.894. The van der Waals surface area contributed by atoms with Gasteiger partial charge in [0.05, 0.1) is 12.1 Å². The van der Waals surface area contributed by atoms with Crippen molar-refractivity contribution in [3.8, 4) is 0 Å². The first-order valence-electron chi connectivity index (χ1n) is 9.26. The summed E-state index contributed by atoms with van der Waals surface area (Å²) in [6.07, 6.45) is 0. The summed E-state index contributed by atoms with van der Waals surface area (Å²) < 4.78 is 1.23. The first kappa shape index (κ1) is 19.1. The third-order valence-corrected chi connectivity index (χ3v) is 4.86. The number of H-pyrrole nitrogens is 1. The smallest absolute Gasteiger partial charge is 0.330 e. The molecule has 2 aromatic carbocycles. The number of pyridine rings is 1. The van der Waals surface area contributed by atoms with Crippen molar-refractivity contribution in [1.29, 1.82) is 0 Å². The van der Waals surface area contributed by atoms with Gasteiger partial charge in [0.15, 0.2) is 5.69 Å². The highest BCUT2D eigenvalue weighted by atomic mass is 16.2. The van der Waals surface area contributed by atoms with E-state index in [4.69, 9.17) is 5.73 Å². The van der Waals surface area contributed by atoms with Gasteiger partial charge in [0, 0.05) is 12.4 Å². The predicted molar refractivity (Wildman–Crippen MR) is 116 cm³/mol. The molecule has 4 rings (SSSR count). The molecule has 30 heavy (non-hydrogen) atoms. The summed E-state index contributed by atoms with van der Waals surface area (Å²) >= 11 is 0. The number of amides is 1. The van der Waals surface area contributed by atoms with Crippen LogP contribution in [0.1, 0.15) is 16.1 Å². The van der Waals surface area contributed by atoms with Crippen molar-refractivity contribution in [1.82, 2.24) is 14.5 Å². The summed E-state index contributed by atoms with van der Waals surface area (Å²) in [5.74, 6) is -0.605. The van der Waals surface area contributed by atoms with Gasteiger partial charge in [0.1, 0.15) is 11.5 Å². The van der Waals surface area contributed by atoms with Crippen LogP contribution in [0.5, 0.6) is 0 Å². The number of hydrogen-bond acceptors (Lipinski definition) is 5. The number of nitrogens with two attached hydrogens (primary N) is 1. The third kappa shape index (κ3) is 3.46. The predicted octanol–water partition coefficient (Wildman–Crippen LogP) is 1.99. The second-order valence-corrected chi connectivity index (χ2v) is 6.82. The molecule has 0 saturated heterocycles. The van der Waals surface area contributed by atoms with Crippen LogP contribution in [0.2, 0.25) is 0 Å². The average molecular weight is 401 g/mol. The van der Waals surface area contributed by atoms with Crippen molar-refractivity contribution in [2.75, 3.05) is 17.7 Å². The molecule has 0 atom stereocenters. The normalized spacial score (nSPS) is 10.8. The van der Waals surface area contributed by atoms with Gasteiger partial charge in [-0.1, -0.05) is 54.6 Å². The number of rotatable bonds is 4. The van der Waals surface area contributed by atoms with Gasteiger partial charge in [-0.05, 0) is 17.7 Å². The average Bonchev–Trinajstić information content (AvgIpc) is 2.76. The Morgan fingerprint density at radius 3 is 2.50 bits per heavy atom. The first-order valence-corrected chi connectivity index (χ1v) is 9.26. The van der Waals surface area contributed by atoms with Crippen LogP contribution >= 0.6 is 0 Å². The summed E-state index contributed by atoms with van der Waals surface area (Å²) in [7, 11) is 1.43. The maximum atomic E-state index is 13.0. The van der Waals surface area contributed by atoms with Gasteiger partial charge >= 0.3 is 5.69 Å². The highest BCUT2D eigenvalue weighted by Gasteiger charge is 2.23. The Morgan fingerprint density at radius 1 is 1.03 bits per heavy atom. The van der Waals surface area contributed by atoms with E-state index in [0.717, 1.165) is 15.8 Å². The van der Waals surface area contributed by atoms with Crippen molar-refractivity contribution in [3.63, 3.8) is 0 Å². The minimum atomic E-state index is -0.738. The fourth-order valence-electron chi connectivity index (χ4n) is 3.28. The summed E-state index contributed by atoms with van der Waals surface area (Å²) in [6.45, 7) is 0.158. The molecule has 4 aromatic rings. The molecular weight excluding hydrogens is 382 g/mol. The van der Waals surface area contributed by atoms with Gasteiger partial charge < -0.3 is 10.6 Å². The molecule has 0 aliphatic carbocycles. The zero-order chi connectivity index (χ0) is 21.3. The highest BCUT2D eigenvalue weighted by Crippen LogP contribution is 2.19. The summed E-state index contributed by atoms with van der Waals surface area (Å²) in [6, 6.07) is 20.0. The van der Waals surface area contributed by atoms with Crippen LogP contribution in [-0.2, 0) is 6.54 Å². The van der Waals surface area contributed by atoms with E-state index in [1.165, 1.54) is 11.6 Å². The van der Waals surface area contributed by atoms with Gasteiger partial charge in [-0.2, -0.15) is 0 Å². The minimum Gasteiger partial charge on any atom is -0.383 e. The molecule has 0 bridgehead atoms. The zero-order valence-electron chi connectivity index (χ0n) is 16.2. The Hall–Kier alpha value is -4.20. The van der Waals surface area contributed by atoms with Gasteiger partial charge in [-0.3, -0.25) is 19.1 Å². The van der Waals surface area contributed by atoms with Crippen LogP contribution in [0, 0.1) is 0 Å². The summed E-state index contributed by atoms with van der Waals surface area (Å²) in [4.78, 5) is 45.6. The number of para-hydroxylation sites is 1. The Kier molecular flexibility index (Phi) is 4.89. The number of nitrogen functional groups attached to an aromatic ring is 1. The molecule has 8 nitrogen and oxygen atoms in total. The topological polar surface area (TPSA) is 114 Å². The van der Waals surface area contributed by atoms with Crippen LogP contribution in [0.4, 0.5) is 11.5 Å². The molecule has 3 N–H and O–H groups in total. The molecule has 2 heterocycles. The standard InChI is InChI=1S/C22H19N5O3/c1-26(21(29)17-12-11-15-9-5-6-10-16(15)24-17)18-19(23)27(22(30)25-20(18)28)13-14-7-3-2-4-8-14/h2-12H,13,23H2,1H3,(H,25,28,30). The van der Waals surface area contributed by atoms with Crippen molar-refractivity contribution >= 4 is 28.3 Å². The van der Waals surface area contributed by atoms with E-state index in [0.29, 0.717) is 5.52 Å². The van der Waals surface area contributed by atoms with Gasteiger partial charge in [0.25, 0.3) is 11.5 Å². The maximum Gasteiger partial charge on any atom is 0.330 e. The lowest BCUT2D eigenvalue weighted by molar-refractivity contribution is 0.0988. The number of nitrogens with one attached hydrogen (secondary N) is 1. The molecule has 0 radical (unpaired) electrons. The number of nitrogens with zero attached hydrogens (tertiary/aromatic N) is 3. The summed E-state index contributed by atoms with van der Waals surface area (Å²) in [5.41, 5.74) is 6.33. The number of hydrogen-bond donors (Lipinski definition) is 2. The fraction of sp³-hybridized carbons (Fsp3) is 0.0909. The number of benzene rings is 2. The van der Waals surface area contributed by atoms with Crippen LogP contribution < -0.4 is 21.9 Å². The second kappa shape index (κ2) is 7.67. The van der Waals surface area contributed by atoms with E-state index in [1.54, 1.807) is 18.2 Å². The molecule has 8 heteroatoms. The molecule has 150 valence electrons. The number of anilines is 2. The lowest BCUT2D eigenvalue weighted by Gasteiger charge is -2.20. The van der Waals surface area contributed by atoms with Gasteiger partial charge in [-0.25, -0.2) is 9.78 Å². The highest BCUT2D eigenvalue weighted by molar-refractivity contribution is 6.06. The van der Waals surface area contributed by atoms with Crippen LogP contribution in [0.3, 0.4) is 0 Å². The van der Waals surface area contributed by atoms with Crippen molar-refractivity contribution in [2.24, 2.45) is 0 Å². The van der Waals surface area contributed by atoms with Crippen LogP contribution in [-0.4, -0.2) is 27.5 Å². The zero-order valence-corrected chi connectivity index (χ0v) is 16.2. The molecule has 0 aliphatic rings. The number of carbonyl (C=O) groups is 1. The van der Waals surface area contributed by atoms with Crippen molar-refractivity contribution in [2.45, 2.75) is 6.54 Å². The van der Waals surface area contributed by atoms with E-state index in [2.05, 4.69) is 9.97 Å². The molecular formula is C22H19N5O3. The van der Waals surface area contributed by atoms with Crippen molar-refractivity contribution in [3.05, 3.63) is 98.8 Å². The van der Waals surface area contributed by atoms with E-state index >= 15 is 0 Å². The third-order valence-electron chi connectivity index (χ3n) is 4.86. The maximum absolute atomic E-state index is 13.0. The Labute approximate surface area is 171 Å². The minimum absolute atomic E-state index is 0.0933. The van der Waals surface area contributed by atoms with Gasteiger partial charge in [0.2, 0.25) is 0 Å². The molecule has 0 fully saturated rings. The number of aromatic nitrogens is 3. The lowest BCUT2D eigenvalue weighted by atomic mass is 10.2. The second-order valence-electron chi connectivity index (χ2n) is 6.82. The lowest BCUT2D eigenvalue weighted by Crippen LogP contribution is -2.39. The Bertz CT molecular complexity index is 1360. The van der Waals surface area contributed by atoms with Crippen molar-refractivity contribution < 1.29 is 4.79 Å². The van der Waals surface area contributed by atoms with E-state index < -0.39 is 17.2 Å². The Balaban J connectivity index is 1.75. The van der Waals surface area contributed by atoms with E-state index in [9.17, 15) is 14.4 Å². The SMILES string of the molecule is CN(C(=O)c1ccc2ccccc2n1)c1c(N)n(Cc2ccccc2)c(=O)[nH]c1=O. The molecule has 0 unspecified atom stereocenters. The molecule has 2 aromatic heterocycles. The quantitative estimate of drug-likeness (QED) is 0.543. The molecule has 0 saturated carbocycles.